The fourth-order valence-corrected chi connectivity index (χ4v) is 2.56. The highest BCUT2D eigenvalue weighted by molar-refractivity contribution is 6.01. The van der Waals surface area contributed by atoms with Gasteiger partial charge in [-0.05, 0) is 17.7 Å². The normalized spacial score (nSPS) is 11.0. The number of nitrogens with zero attached hydrogens (tertiary/aromatic N) is 3. The topological polar surface area (TPSA) is 78.3 Å². The van der Waals surface area contributed by atoms with E-state index in [4.69, 9.17) is 4.74 Å². The molecule has 2 aromatic carbocycles. The second-order valence-corrected chi connectivity index (χ2v) is 5.83. The molecule has 3 aromatic rings. The minimum absolute atomic E-state index is 0.130. The van der Waals surface area contributed by atoms with E-state index in [0.29, 0.717) is 6.54 Å². The largest absolute Gasteiger partial charge is 0.493 e. The van der Waals surface area contributed by atoms with E-state index in [0.717, 1.165) is 5.56 Å². The molecule has 0 spiro atoms. The summed E-state index contributed by atoms with van der Waals surface area (Å²) in [6, 6.07) is 14.3. The van der Waals surface area contributed by atoms with Gasteiger partial charge in [0, 0.05) is 11.6 Å². The number of nitrogens with one attached hydrogen (secondary N) is 1. The summed E-state index contributed by atoms with van der Waals surface area (Å²) in [4.78, 5) is 16.2. The molecule has 0 radical (unpaired) electrons. The number of hydrogen-bond acceptors (Lipinski definition) is 5. The molecular formula is C20H18F2N4O3. The SMILES string of the molecule is COc1cccc(/C=C/C(=O)Nc2ncn(Cc3ccccc3)n2)c1OC(F)F. The first-order valence-corrected chi connectivity index (χ1v) is 8.59. The second kappa shape index (κ2) is 9.45. The highest BCUT2D eigenvalue weighted by Crippen LogP contribution is 2.33. The third-order valence-corrected chi connectivity index (χ3v) is 3.81. The van der Waals surface area contributed by atoms with E-state index in [2.05, 4.69) is 20.1 Å². The molecule has 0 aliphatic rings. The zero-order chi connectivity index (χ0) is 20.6. The van der Waals surface area contributed by atoms with Crippen LogP contribution >= 0.6 is 0 Å². The van der Waals surface area contributed by atoms with Gasteiger partial charge in [0.1, 0.15) is 6.33 Å². The van der Waals surface area contributed by atoms with E-state index < -0.39 is 12.5 Å². The van der Waals surface area contributed by atoms with Crippen LogP contribution in [0.5, 0.6) is 11.5 Å². The number of carbonyl (C=O) groups is 1. The van der Waals surface area contributed by atoms with Crippen molar-refractivity contribution in [2.75, 3.05) is 12.4 Å². The minimum Gasteiger partial charge on any atom is -0.493 e. The van der Waals surface area contributed by atoms with Crippen LogP contribution in [0.2, 0.25) is 0 Å². The molecule has 0 fully saturated rings. The van der Waals surface area contributed by atoms with E-state index in [9.17, 15) is 13.6 Å². The Balaban J connectivity index is 1.66. The van der Waals surface area contributed by atoms with Gasteiger partial charge in [-0.3, -0.25) is 10.1 Å². The number of alkyl halides is 2. The highest BCUT2D eigenvalue weighted by Gasteiger charge is 2.14. The van der Waals surface area contributed by atoms with E-state index in [1.165, 1.54) is 37.7 Å². The number of rotatable bonds is 8. The lowest BCUT2D eigenvalue weighted by Crippen LogP contribution is -2.10. The van der Waals surface area contributed by atoms with E-state index in [1.54, 1.807) is 10.7 Å². The van der Waals surface area contributed by atoms with Crippen molar-refractivity contribution in [3.05, 3.63) is 72.1 Å². The number of aromatic nitrogens is 3. The molecule has 0 saturated carbocycles. The van der Waals surface area contributed by atoms with Crippen molar-refractivity contribution in [1.82, 2.24) is 14.8 Å². The van der Waals surface area contributed by atoms with Gasteiger partial charge < -0.3 is 9.47 Å². The van der Waals surface area contributed by atoms with Crippen LogP contribution in [0.1, 0.15) is 11.1 Å². The first-order chi connectivity index (χ1) is 14.0. The molecule has 0 aliphatic carbocycles. The van der Waals surface area contributed by atoms with Crippen LogP contribution in [0.3, 0.4) is 0 Å². The molecule has 1 heterocycles. The summed E-state index contributed by atoms with van der Waals surface area (Å²) in [6.07, 6.45) is 4.02. The Morgan fingerprint density at radius 3 is 2.72 bits per heavy atom. The molecule has 0 bridgehead atoms. The molecule has 1 N–H and O–H groups in total. The molecule has 3 rings (SSSR count). The predicted molar refractivity (Wildman–Crippen MR) is 103 cm³/mol. The summed E-state index contributed by atoms with van der Waals surface area (Å²) in [5.41, 5.74) is 1.31. The van der Waals surface area contributed by atoms with Gasteiger partial charge in [-0.25, -0.2) is 9.67 Å². The quantitative estimate of drug-likeness (QED) is 0.585. The number of halogens is 2. The molecule has 9 heteroatoms. The van der Waals surface area contributed by atoms with Crippen LogP contribution < -0.4 is 14.8 Å². The van der Waals surface area contributed by atoms with Crippen LogP contribution in [0.25, 0.3) is 6.08 Å². The van der Waals surface area contributed by atoms with Gasteiger partial charge in [0.2, 0.25) is 5.95 Å². The number of amides is 1. The van der Waals surface area contributed by atoms with Crippen molar-refractivity contribution in [1.29, 1.82) is 0 Å². The first-order valence-electron chi connectivity index (χ1n) is 8.59. The van der Waals surface area contributed by atoms with E-state index in [-0.39, 0.29) is 23.0 Å². The molecule has 0 unspecified atom stereocenters. The maximum absolute atomic E-state index is 12.7. The molecule has 1 amide bonds. The van der Waals surface area contributed by atoms with Crippen molar-refractivity contribution in [3.63, 3.8) is 0 Å². The third kappa shape index (κ3) is 5.61. The highest BCUT2D eigenvalue weighted by atomic mass is 19.3. The Labute approximate surface area is 165 Å². The number of anilines is 1. The summed E-state index contributed by atoms with van der Waals surface area (Å²) in [7, 11) is 1.34. The average Bonchev–Trinajstić information content (AvgIpc) is 3.14. The molecule has 7 nitrogen and oxygen atoms in total. The van der Waals surface area contributed by atoms with E-state index >= 15 is 0 Å². The van der Waals surface area contributed by atoms with Crippen molar-refractivity contribution < 1.29 is 23.0 Å². The zero-order valence-electron chi connectivity index (χ0n) is 15.5. The van der Waals surface area contributed by atoms with Crippen molar-refractivity contribution >= 4 is 17.9 Å². The Bertz CT molecular complexity index is 990. The number of ether oxygens (including phenoxy) is 2. The van der Waals surface area contributed by atoms with Gasteiger partial charge in [-0.1, -0.05) is 42.5 Å². The van der Waals surface area contributed by atoms with Gasteiger partial charge >= 0.3 is 6.61 Å². The summed E-state index contributed by atoms with van der Waals surface area (Å²) in [5.74, 6) is -0.410. The summed E-state index contributed by atoms with van der Waals surface area (Å²) >= 11 is 0. The van der Waals surface area contributed by atoms with Gasteiger partial charge in [0.05, 0.1) is 13.7 Å². The average molecular weight is 400 g/mol. The lowest BCUT2D eigenvalue weighted by Gasteiger charge is -2.12. The fourth-order valence-electron chi connectivity index (χ4n) is 2.56. The number of hydrogen-bond donors (Lipinski definition) is 1. The summed E-state index contributed by atoms with van der Waals surface area (Å²) in [6.45, 7) is -2.51. The number of methoxy groups -OCH3 is 1. The van der Waals surface area contributed by atoms with Crippen molar-refractivity contribution in [2.24, 2.45) is 0 Å². The lowest BCUT2D eigenvalue weighted by atomic mass is 10.1. The molecule has 29 heavy (non-hydrogen) atoms. The molecule has 1 aromatic heterocycles. The number of para-hydroxylation sites is 1. The third-order valence-electron chi connectivity index (χ3n) is 3.81. The van der Waals surface area contributed by atoms with Crippen molar-refractivity contribution in [3.8, 4) is 11.5 Å². The zero-order valence-corrected chi connectivity index (χ0v) is 15.5. The van der Waals surface area contributed by atoms with Crippen LogP contribution in [0.15, 0.2) is 60.9 Å². The van der Waals surface area contributed by atoms with Crippen molar-refractivity contribution in [2.45, 2.75) is 13.2 Å². The number of benzene rings is 2. The Hall–Kier alpha value is -3.75. The summed E-state index contributed by atoms with van der Waals surface area (Å²) in [5, 5.41) is 6.70. The smallest absolute Gasteiger partial charge is 0.387 e. The minimum atomic E-state index is -3.02. The van der Waals surface area contributed by atoms with Crippen LogP contribution in [-0.4, -0.2) is 34.4 Å². The lowest BCUT2D eigenvalue weighted by molar-refractivity contribution is -0.111. The van der Waals surface area contributed by atoms with Gasteiger partial charge in [0.25, 0.3) is 5.91 Å². The van der Waals surface area contributed by atoms with Crippen LogP contribution in [0, 0.1) is 0 Å². The Morgan fingerprint density at radius 2 is 2.00 bits per heavy atom. The first kappa shape index (κ1) is 20.0. The Kier molecular flexibility index (Phi) is 6.51. The monoisotopic (exact) mass is 400 g/mol. The molecule has 150 valence electrons. The second-order valence-electron chi connectivity index (χ2n) is 5.83. The standard InChI is InChI=1S/C20H18F2N4O3/c1-28-16-9-5-8-15(18(16)29-19(21)22)10-11-17(27)24-20-23-13-26(25-20)12-14-6-3-2-4-7-14/h2-11,13,19H,12H2,1H3,(H,24,25,27)/b11-10+. The molecular weight excluding hydrogens is 382 g/mol. The van der Waals surface area contributed by atoms with Gasteiger partial charge in [0.15, 0.2) is 11.5 Å². The maximum Gasteiger partial charge on any atom is 0.387 e. The predicted octanol–water partition coefficient (Wildman–Crippen LogP) is 3.59. The van der Waals surface area contributed by atoms with E-state index in [1.807, 2.05) is 30.3 Å². The molecule has 0 aliphatic heterocycles. The fraction of sp³-hybridized carbons (Fsp3) is 0.150. The Morgan fingerprint density at radius 1 is 1.21 bits per heavy atom. The maximum atomic E-state index is 12.7. The molecule has 0 atom stereocenters. The van der Waals surface area contributed by atoms with Gasteiger partial charge in [-0.15, -0.1) is 5.10 Å². The molecule has 0 saturated heterocycles. The van der Waals surface area contributed by atoms with Crippen LogP contribution in [-0.2, 0) is 11.3 Å². The summed E-state index contributed by atoms with van der Waals surface area (Å²) < 4.78 is 36.4. The number of carbonyl (C=O) groups excluding carboxylic acids is 1. The van der Waals surface area contributed by atoms with Gasteiger partial charge in [-0.2, -0.15) is 8.78 Å². The van der Waals surface area contributed by atoms with Crippen LogP contribution in [0.4, 0.5) is 14.7 Å².